The fraction of sp³-hybridized carbons (Fsp3) is 1.00. The van der Waals surface area contributed by atoms with E-state index in [0.717, 1.165) is 18.0 Å². The summed E-state index contributed by atoms with van der Waals surface area (Å²) in [6.45, 7) is 1.34. The predicted molar refractivity (Wildman–Crippen MR) is 69.7 cm³/mol. The van der Waals surface area contributed by atoms with E-state index in [1.54, 1.807) is 0 Å². The van der Waals surface area contributed by atoms with Gasteiger partial charge in [-0.15, -0.1) is 0 Å². The maximum absolute atomic E-state index is 3.55. The van der Waals surface area contributed by atoms with Crippen LogP contribution in [0.2, 0.25) is 0 Å². The second-order valence-electron chi connectivity index (χ2n) is 5.84. The molecule has 0 radical (unpaired) electrons. The summed E-state index contributed by atoms with van der Waals surface area (Å²) in [5.41, 5.74) is 0. The Morgan fingerprint density at radius 1 is 1.00 bits per heavy atom. The Labute approximate surface area is 101 Å². The highest BCUT2D eigenvalue weighted by Crippen LogP contribution is 2.31. The highest BCUT2D eigenvalue weighted by atomic mass is 15.2. The van der Waals surface area contributed by atoms with Gasteiger partial charge in [0, 0.05) is 18.6 Å². The van der Waals surface area contributed by atoms with E-state index in [0.29, 0.717) is 0 Å². The minimum absolute atomic E-state index is 0.726. The Morgan fingerprint density at radius 2 is 1.69 bits per heavy atom. The molecule has 0 spiro atoms. The molecule has 0 heterocycles. The van der Waals surface area contributed by atoms with Gasteiger partial charge >= 0.3 is 0 Å². The highest BCUT2D eigenvalue weighted by Gasteiger charge is 2.29. The molecule has 2 heteroatoms. The largest absolute Gasteiger partial charge is 0.315 e. The summed E-state index contributed by atoms with van der Waals surface area (Å²) in [6, 6.07) is 1.51. The van der Waals surface area contributed by atoms with Crippen LogP contribution in [0, 0.1) is 5.92 Å². The average molecular weight is 224 g/mol. The zero-order valence-corrected chi connectivity index (χ0v) is 11.0. The molecule has 2 aliphatic carbocycles. The molecular weight excluding hydrogens is 196 g/mol. The Kier molecular flexibility index (Phi) is 4.66. The van der Waals surface area contributed by atoms with E-state index in [2.05, 4.69) is 24.3 Å². The Hall–Kier alpha value is -0.0800. The third-order valence-electron chi connectivity index (χ3n) is 4.41. The van der Waals surface area contributed by atoms with Gasteiger partial charge in [-0.05, 0) is 45.7 Å². The summed E-state index contributed by atoms with van der Waals surface area (Å²) in [4.78, 5) is 2.64. The molecule has 0 aromatic heterocycles. The summed E-state index contributed by atoms with van der Waals surface area (Å²) >= 11 is 0. The van der Waals surface area contributed by atoms with Gasteiger partial charge in [0.25, 0.3) is 0 Å². The van der Waals surface area contributed by atoms with Gasteiger partial charge in [-0.3, -0.25) is 0 Å². The lowest BCUT2D eigenvalue weighted by Crippen LogP contribution is -2.48. The lowest BCUT2D eigenvalue weighted by atomic mass is 9.91. The Morgan fingerprint density at radius 3 is 2.31 bits per heavy atom. The first-order valence-corrected chi connectivity index (χ1v) is 7.18. The highest BCUT2D eigenvalue weighted by molar-refractivity contribution is 4.87. The van der Waals surface area contributed by atoms with E-state index in [4.69, 9.17) is 0 Å². The molecule has 94 valence electrons. The van der Waals surface area contributed by atoms with E-state index in [1.165, 1.54) is 57.9 Å². The van der Waals surface area contributed by atoms with Gasteiger partial charge in [0.1, 0.15) is 0 Å². The molecule has 0 aromatic rings. The van der Waals surface area contributed by atoms with Crippen molar-refractivity contribution in [3.63, 3.8) is 0 Å². The first-order valence-electron chi connectivity index (χ1n) is 7.18. The zero-order chi connectivity index (χ0) is 11.4. The van der Waals surface area contributed by atoms with Crippen LogP contribution in [0.15, 0.2) is 0 Å². The molecule has 1 N–H and O–H groups in total. The van der Waals surface area contributed by atoms with Crippen molar-refractivity contribution >= 4 is 0 Å². The third kappa shape index (κ3) is 3.46. The topological polar surface area (TPSA) is 15.3 Å². The van der Waals surface area contributed by atoms with Crippen molar-refractivity contribution in [3.05, 3.63) is 0 Å². The van der Waals surface area contributed by atoms with Crippen LogP contribution in [-0.2, 0) is 0 Å². The fourth-order valence-electron chi connectivity index (χ4n) is 3.17. The Balaban J connectivity index is 1.88. The van der Waals surface area contributed by atoms with Crippen molar-refractivity contribution in [2.75, 3.05) is 20.6 Å². The summed E-state index contributed by atoms with van der Waals surface area (Å²) < 4.78 is 0. The lowest BCUT2D eigenvalue weighted by Gasteiger charge is -2.36. The van der Waals surface area contributed by atoms with E-state index in [-0.39, 0.29) is 0 Å². The SMILES string of the molecule is CNC1CCCCCCC1N(C)CC1CC1. The quantitative estimate of drug-likeness (QED) is 0.790. The number of nitrogens with one attached hydrogen (secondary N) is 1. The summed E-state index contributed by atoms with van der Waals surface area (Å²) in [7, 11) is 4.49. The van der Waals surface area contributed by atoms with Crippen LogP contribution >= 0.6 is 0 Å². The van der Waals surface area contributed by atoms with Gasteiger partial charge < -0.3 is 10.2 Å². The van der Waals surface area contributed by atoms with Gasteiger partial charge in [-0.2, -0.15) is 0 Å². The number of hydrogen-bond donors (Lipinski definition) is 1. The van der Waals surface area contributed by atoms with E-state index < -0.39 is 0 Å². The third-order valence-corrected chi connectivity index (χ3v) is 4.41. The molecule has 0 aromatic carbocycles. The van der Waals surface area contributed by atoms with E-state index >= 15 is 0 Å². The smallest absolute Gasteiger partial charge is 0.0246 e. The van der Waals surface area contributed by atoms with Gasteiger partial charge in [-0.25, -0.2) is 0 Å². The van der Waals surface area contributed by atoms with Gasteiger partial charge in [-0.1, -0.05) is 25.7 Å². The summed E-state index contributed by atoms with van der Waals surface area (Å²) in [5.74, 6) is 1.02. The average Bonchev–Trinajstić information content (AvgIpc) is 3.01. The lowest BCUT2D eigenvalue weighted by molar-refractivity contribution is 0.161. The number of hydrogen-bond acceptors (Lipinski definition) is 2. The standard InChI is InChI=1S/C14H28N2/c1-15-13-7-5-3-4-6-8-14(13)16(2)11-12-9-10-12/h12-15H,3-11H2,1-2H3. The van der Waals surface area contributed by atoms with Crippen molar-refractivity contribution in [1.82, 2.24) is 10.2 Å². The molecule has 0 saturated heterocycles. The molecule has 2 saturated carbocycles. The summed E-state index contributed by atoms with van der Waals surface area (Å²) in [6.07, 6.45) is 11.5. The molecule has 0 aliphatic heterocycles. The van der Waals surface area contributed by atoms with E-state index in [1.807, 2.05) is 0 Å². The molecule has 2 atom stereocenters. The number of rotatable bonds is 4. The number of nitrogens with zero attached hydrogens (tertiary/aromatic N) is 1. The monoisotopic (exact) mass is 224 g/mol. The summed E-state index contributed by atoms with van der Waals surface area (Å²) in [5, 5.41) is 3.55. The molecule has 16 heavy (non-hydrogen) atoms. The molecule has 2 rings (SSSR count). The number of likely N-dealkylation sites (N-methyl/N-ethyl adjacent to an activating group) is 2. The fourth-order valence-corrected chi connectivity index (χ4v) is 3.17. The Bertz CT molecular complexity index is 201. The molecule has 2 nitrogen and oxygen atoms in total. The van der Waals surface area contributed by atoms with Crippen molar-refractivity contribution in [3.8, 4) is 0 Å². The van der Waals surface area contributed by atoms with Gasteiger partial charge in [0.15, 0.2) is 0 Å². The second-order valence-corrected chi connectivity index (χ2v) is 5.84. The van der Waals surface area contributed by atoms with Crippen LogP contribution in [0.3, 0.4) is 0 Å². The van der Waals surface area contributed by atoms with Crippen LogP contribution in [0.25, 0.3) is 0 Å². The molecule has 0 bridgehead atoms. The van der Waals surface area contributed by atoms with E-state index in [9.17, 15) is 0 Å². The zero-order valence-electron chi connectivity index (χ0n) is 11.0. The van der Waals surface area contributed by atoms with Crippen LogP contribution in [0.5, 0.6) is 0 Å². The van der Waals surface area contributed by atoms with Crippen LogP contribution in [0.4, 0.5) is 0 Å². The maximum Gasteiger partial charge on any atom is 0.0246 e. The first-order chi connectivity index (χ1) is 7.81. The predicted octanol–water partition coefficient (Wildman–Crippen LogP) is 2.64. The molecule has 2 fully saturated rings. The molecule has 0 amide bonds. The van der Waals surface area contributed by atoms with Crippen LogP contribution < -0.4 is 5.32 Å². The minimum atomic E-state index is 0.726. The maximum atomic E-state index is 3.55. The first kappa shape index (κ1) is 12.4. The van der Waals surface area contributed by atoms with Crippen molar-refractivity contribution in [1.29, 1.82) is 0 Å². The van der Waals surface area contributed by atoms with Gasteiger partial charge in [0.2, 0.25) is 0 Å². The molecule has 2 unspecified atom stereocenters. The van der Waals surface area contributed by atoms with Crippen LogP contribution in [0.1, 0.15) is 51.4 Å². The van der Waals surface area contributed by atoms with Crippen LogP contribution in [-0.4, -0.2) is 37.6 Å². The van der Waals surface area contributed by atoms with Gasteiger partial charge in [0.05, 0.1) is 0 Å². The normalized spacial score (nSPS) is 32.4. The minimum Gasteiger partial charge on any atom is -0.315 e. The molecular formula is C14H28N2. The van der Waals surface area contributed by atoms with Crippen molar-refractivity contribution < 1.29 is 0 Å². The van der Waals surface area contributed by atoms with Crippen molar-refractivity contribution in [2.45, 2.75) is 63.5 Å². The van der Waals surface area contributed by atoms with Crippen molar-refractivity contribution in [2.24, 2.45) is 5.92 Å². The second kappa shape index (κ2) is 6.02. The molecule has 2 aliphatic rings.